The molecule has 0 aliphatic heterocycles. The summed E-state index contributed by atoms with van der Waals surface area (Å²) in [5, 5.41) is 3.04. The van der Waals surface area contributed by atoms with Crippen molar-refractivity contribution in [1.82, 2.24) is 4.98 Å². The summed E-state index contributed by atoms with van der Waals surface area (Å²) in [5.74, 6) is 0.203. The highest BCUT2D eigenvalue weighted by Crippen LogP contribution is 2.33. The average Bonchev–Trinajstić information content (AvgIpc) is 2.37. The number of nitrogens with one attached hydrogen (secondary N) is 1. The Hall–Kier alpha value is -2.15. The molecule has 0 amide bonds. The zero-order valence-corrected chi connectivity index (χ0v) is 11.6. The van der Waals surface area contributed by atoms with Crippen molar-refractivity contribution < 1.29 is 17.9 Å². The number of aromatic nitrogens is 1. The molecule has 0 unspecified atom stereocenters. The number of nitrogens with zero attached hydrogens (tertiary/aromatic N) is 1. The van der Waals surface area contributed by atoms with E-state index < -0.39 is 11.7 Å². The number of rotatable bonds is 3. The Kier molecular flexibility index (Phi) is 4.13. The first-order chi connectivity index (χ1) is 9.79. The molecular formula is C13H11ClF3N3O. The second kappa shape index (κ2) is 5.69. The van der Waals surface area contributed by atoms with Gasteiger partial charge in [-0.05, 0) is 30.3 Å². The summed E-state index contributed by atoms with van der Waals surface area (Å²) in [4.78, 5) is 3.81. The van der Waals surface area contributed by atoms with Crippen LogP contribution in [0.5, 0.6) is 5.75 Å². The summed E-state index contributed by atoms with van der Waals surface area (Å²) < 4.78 is 43.1. The van der Waals surface area contributed by atoms with Crippen molar-refractivity contribution in [1.29, 1.82) is 0 Å². The number of pyridine rings is 1. The van der Waals surface area contributed by atoms with Crippen LogP contribution in [0.4, 0.5) is 30.5 Å². The van der Waals surface area contributed by atoms with Gasteiger partial charge in [-0.2, -0.15) is 13.2 Å². The standard InChI is InChI=1S/C13H11ClF3N3O/c1-21-10-3-2-8(6-9(10)14)19-12-5-7(13(15,16)17)4-11(18)20-12/h2-6H,1H3,(H3,18,19,20). The van der Waals surface area contributed by atoms with Crippen molar-refractivity contribution in [3.05, 3.63) is 40.9 Å². The molecule has 2 aromatic rings. The number of hydrogen-bond donors (Lipinski definition) is 2. The van der Waals surface area contributed by atoms with Crippen molar-refractivity contribution in [3.63, 3.8) is 0 Å². The first-order valence-corrected chi connectivity index (χ1v) is 6.12. The molecule has 0 radical (unpaired) electrons. The molecule has 0 aliphatic carbocycles. The SMILES string of the molecule is COc1ccc(Nc2cc(C(F)(F)F)cc(N)n2)cc1Cl. The maximum Gasteiger partial charge on any atom is 0.416 e. The maximum atomic E-state index is 12.7. The van der Waals surface area contributed by atoms with Crippen LogP contribution in [0, 0.1) is 0 Å². The van der Waals surface area contributed by atoms with E-state index in [1.165, 1.54) is 13.2 Å². The lowest BCUT2D eigenvalue weighted by molar-refractivity contribution is -0.137. The summed E-state index contributed by atoms with van der Waals surface area (Å²) in [6.07, 6.45) is -4.49. The molecule has 8 heteroatoms. The number of hydrogen-bond acceptors (Lipinski definition) is 4. The highest BCUT2D eigenvalue weighted by Gasteiger charge is 2.31. The molecule has 21 heavy (non-hydrogen) atoms. The Morgan fingerprint density at radius 3 is 2.52 bits per heavy atom. The Morgan fingerprint density at radius 1 is 1.24 bits per heavy atom. The van der Waals surface area contributed by atoms with Crippen LogP contribution < -0.4 is 15.8 Å². The molecule has 0 spiro atoms. The molecule has 0 aliphatic rings. The van der Waals surface area contributed by atoms with E-state index in [4.69, 9.17) is 22.1 Å². The number of methoxy groups -OCH3 is 1. The first-order valence-electron chi connectivity index (χ1n) is 5.75. The van der Waals surface area contributed by atoms with E-state index in [1.54, 1.807) is 12.1 Å². The predicted molar refractivity (Wildman–Crippen MR) is 74.9 cm³/mol. The third-order valence-electron chi connectivity index (χ3n) is 2.60. The third-order valence-corrected chi connectivity index (χ3v) is 2.89. The van der Waals surface area contributed by atoms with Crippen molar-refractivity contribution >= 4 is 28.9 Å². The lowest BCUT2D eigenvalue weighted by Crippen LogP contribution is -2.08. The van der Waals surface area contributed by atoms with Gasteiger partial charge < -0.3 is 15.8 Å². The summed E-state index contributed by atoms with van der Waals surface area (Å²) in [5.41, 5.74) is 4.98. The monoisotopic (exact) mass is 317 g/mol. The number of nitrogens with two attached hydrogens (primary N) is 1. The van der Waals surface area contributed by atoms with Gasteiger partial charge in [0.15, 0.2) is 0 Å². The third kappa shape index (κ3) is 3.69. The molecule has 1 aromatic heterocycles. The number of ether oxygens (including phenoxy) is 1. The van der Waals surface area contributed by atoms with Crippen molar-refractivity contribution in [2.45, 2.75) is 6.18 Å². The maximum absolute atomic E-state index is 12.7. The number of alkyl halides is 3. The Labute approximate surface area is 123 Å². The molecule has 112 valence electrons. The minimum atomic E-state index is -4.49. The van der Waals surface area contributed by atoms with Gasteiger partial charge in [-0.15, -0.1) is 0 Å². The van der Waals surface area contributed by atoms with Gasteiger partial charge >= 0.3 is 6.18 Å². The Balaban J connectivity index is 2.31. The van der Waals surface area contributed by atoms with Gasteiger partial charge in [-0.3, -0.25) is 0 Å². The topological polar surface area (TPSA) is 60.2 Å². The van der Waals surface area contributed by atoms with E-state index >= 15 is 0 Å². The molecule has 0 bridgehead atoms. The fraction of sp³-hybridized carbons (Fsp3) is 0.154. The van der Waals surface area contributed by atoms with Gasteiger partial charge in [-0.1, -0.05) is 11.6 Å². The lowest BCUT2D eigenvalue weighted by atomic mass is 10.2. The summed E-state index contributed by atoms with van der Waals surface area (Å²) in [6, 6.07) is 6.34. The fourth-order valence-electron chi connectivity index (χ4n) is 1.67. The highest BCUT2D eigenvalue weighted by molar-refractivity contribution is 6.32. The molecular weight excluding hydrogens is 307 g/mol. The Bertz CT molecular complexity index is 662. The van der Waals surface area contributed by atoms with Crippen LogP contribution in [-0.4, -0.2) is 12.1 Å². The zero-order valence-electron chi connectivity index (χ0n) is 10.8. The van der Waals surface area contributed by atoms with E-state index in [9.17, 15) is 13.2 Å². The van der Waals surface area contributed by atoms with Crippen LogP contribution in [0.1, 0.15) is 5.56 Å². The number of anilines is 3. The minimum Gasteiger partial charge on any atom is -0.495 e. The smallest absolute Gasteiger partial charge is 0.416 e. The molecule has 0 saturated heterocycles. The summed E-state index contributed by atoms with van der Waals surface area (Å²) in [7, 11) is 1.46. The lowest BCUT2D eigenvalue weighted by Gasteiger charge is -2.12. The van der Waals surface area contributed by atoms with Gasteiger partial charge in [0.25, 0.3) is 0 Å². The largest absolute Gasteiger partial charge is 0.495 e. The molecule has 0 atom stereocenters. The quantitative estimate of drug-likeness (QED) is 0.895. The van der Waals surface area contributed by atoms with E-state index in [0.29, 0.717) is 16.5 Å². The van der Waals surface area contributed by atoms with Crippen molar-refractivity contribution in [2.24, 2.45) is 0 Å². The number of nitrogen functional groups attached to an aromatic ring is 1. The van der Waals surface area contributed by atoms with E-state index in [2.05, 4.69) is 10.3 Å². The zero-order chi connectivity index (χ0) is 15.6. The van der Waals surface area contributed by atoms with E-state index in [1.807, 2.05) is 0 Å². The molecule has 1 aromatic carbocycles. The molecule has 1 heterocycles. The molecule has 4 nitrogen and oxygen atoms in total. The van der Waals surface area contributed by atoms with E-state index in [0.717, 1.165) is 12.1 Å². The molecule has 2 rings (SSSR count). The summed E-state index contributed by atoms with van der Waals surface area (Å²) in [6.45, 7) is 0. The molecule has 0 saturated carbocycles. The number of halogens is 4. The van der Waals surface area contributed by atoms with Crippen molar-refractivity contribution in [2.75, 3.05) is 18.2 Å². The van der Waals surface area contributed by atoms with Gasteiger partial charge in [0, 0.05) is 5.69 Å². The van der Waals surface area contributed by atoms with Gasteiger partial charge in [0.05, 0.1) is 17.7 Å². The first kappa shape index (κ1) is 15.2. The van der Waals surface area contributed by atoms with Crippen LogP contribution in [0.25, 0.3) is 0 Å². The van der Waals surface area contributed by atoms with Crippen LogP contribution in [0.2, 0.25) is 5.02 Å². The average molecular weight is 318 g/mol. The van der Waals surface area contributed by atoms with Crippen molar-refractivity contribution in [3.8, 4) is 5.75 Å². The predicted octanol–water partition coefficient (Wildman–Crippen LogP) is 4.09. The fourth-order valence-corrected chi connectivity index (χ4v) is 1.93. The van der Waals surface area contributed by atoms with Crippen LogP contribution >= 0.6 is 11.6 Å². The molecule has 0 fully saturated rings. The number of benzene rings is 1. The van der Waals surface area contributed by atoms with Crippen LogP contribution in [0.3, 0.4) is 0 Å². The molecule has 3 N–H and O–H groups in total. The second-order valence-electron chi connectivity index (χ2n) is 4.14. The van der Waals surface area contributed by atoms with Crippen LogP contribution in [0.15, 0.2) is 30.3 Å². The van der Waals surface area contributed by atoms with Gasteiger partial charge in [-0.25, -0.2) is 4.98 Å². The summed E-state index contributed by atoms with van der Waals surface area (Å²) >= 11 is 5.94. The Morgan fingerprint density at radius 2 is 1.95 bits per heavy atom. The highest BCUT2D eigenvalue weighted by atomic mass is 35.5. The normalized spacial score (nSPS) is 11.3. The van der Waals surface area contributed by atoms with Crippen LogP contribution in [-0.2, 0) is 6.18 Å². The second-order valence-corrected chi connectivity index (χ2v) is 4.55. The van der Waals surface area contributed by atoms with E-state index in [-0.39, 0.29) is 11.6 Å². The minimum absolute atomic E-state index is 0.0245. The van der Waals surface area contributed by atoms with Gasteiger partial charge in [0.1, 0.15) is 17.4 Å². The van der Waals surface area contributed by atoms with Gasteiger partial charge in [0.2, 0.25) is 0 Å².